The van der Waals surface area contributed by atoms with Crippen molar-refractivity contribution in [3.05, 3.63) is 58.4 Å². The summed E-state index contributed by atoms with van der Waals surface area (Å²) in [5.41, 5.74) is 6.92. The van der Waals surface area contributed by atoms with Crippen LogP contribution >= 0.6 is 23.2 Å². The summed E-state index contributed by atoms with van der Waals surface area (Å²) in [6.45, 7) is 1.98. The van der Waals surface area contributed by atoms with E-state index in [0.29, 0.717) is 5.02 Å². The molecule has 2 aromatic heterocycles. The van der Waals surface area contributed by atoms with Crippen LogP contribution in [0.4, 0.5) is 0 Å². The van der Waals surface area contributed by atoms with Gasteiger partial charge in [0.05, 0.1) is 21.8 Å². The quantitative estimate of drug-likeness (QED) is 0.534. The Morgan fingerprint density at radius 1 is 1.09 bits per heavy atom. The van der Waals surface area contributed by atoms with Crippen LogP contribution < -0.4 is 0 Å². The first-order valence-electron chi connectivity index (χ1n) is 8.07. The number of nitrogens with zero attached hydrogens (tertiary/aromatic N) is 2. The van der Waals surface area contributed by atoms with Crippen molar-refractivity contribution in [3.63, 3.8) is 0 Å². The highest BCUT2D eigenvalue weighted by Crippen LogP contribution is 2.34. The number of alkyl halides is 1. The van der Waals surface area contributed by atoms with Gasteiger partial charge in [-0.1, -0.05) is 23.7 Å². The molecule has 2 nitrogen and oxygen atoms in total. The second kappa shape index (κ2) is 5.85. The highest BCUT2D eigenvalue weighted by atomic mass is 35.5. The highest BCUT2D eigenvalue weighted by molar-refractivity contribution is 6.30. The van der Waals surface area contributed by atoms with Crippen LogP contribution in [0.2, 0.25) is 5.02 Å². The predicted octanol–water partition coefficient (Wildman–Crippen LogP) is 5.83. The molecule has 1 atom stereocenters. The third kappa shape index (κ3) is 2.64. The Hall–Kier alpha value is -1.51. The van der Waals surface area contributed by atoms with Crippen LogP contribution in [0.1, 0.15) is 42.0 Å². The largest absolute Gasteiger partial charge is 0.300 e. The molecule has 1 aromatic carbocycles. The molecule has 3 aromatic rings. The fourth-order valence-corrected chi connectivity index (χ4v) is 3.88. The number of fused-ring (bicyclic) bond motifs is 2. The fourth-order valence-electron chi connectivity index (χ4n) is 3.51. The minimum atomic E-state index is -0.144. The topological polar surface area (TPSA) is 17.3 Å². The number of aromatic nitrogens is 2. The van der Waals surface area contributed by atoms with Gasteiger partial charge in [0.25, 0.3) is 0 Å². The van der Waals surface area contributed by atoms with Gasteiger partial charge in [-0.3, -0.25) is 0 Å². The van der Waals surface area contributed by atoms with Gasteiger partial charge in [0, 0.05) is 11.8 Å². The third-order valence-electron chi connectivity index (χ3n) is 4.62. The zero-order valence-corrected chi connectivity index (χ0v) is 14.5. The van der Waals surface area contributed by atoms with E-state index < -0.39 is 0 Å². The van der Waals surface area contributed by atoms with Gasteiger partial charge >= 0.3 is 0 Å². The molecule has 118 valence electrons. The van der Waals surface area contributed by atoms with E-state index in [1.807, 2.05) is 29.7 Å². The van der Waals surface area contributed by atoms with Gasteiger partial charge < -0.3 is 4.40 Å². The van der Waals surface area contributed by atoms with Gasteiger partial charge in [-0.05, 0) is 61.9 Å². The Labute approximate surface area is 146 Å². The van der Waals surface area contributed by atoms with Crippen LogP contribution in [0.15, 0.2) is 36.5 Å². The molecular weight excluding hydrogens is 327 g/mol. The molecule has 0 aliphatic heterocycles. The van der Waals surface area contributed by atoms with Crippen molar-refractivity contribution in [3.8, 4) is 11.3 Å². The summed E-state index contributed by atoms with van der Waals surface area (Å²) in [6.07, 6.45) is 6.81. The van der Waals surface area contributed by atoms with Crippen LogP contribution in [0.25, 0.3) is 16.9 Å². The van der Waals surface area contributed by atoms with Gasteiger partial charge in [0.15, 0.2) is 0 Å². The maximum Gasteiger partial charge on any atom is 0.137 e. The standard InChI is InChI=1S/C19H18Cl2N2/c1-12(20)19-18(22-17-9-8-16(21)11-23(17)19)15-7-6-13-4-2-3-5-14(13)10-15/h6-12H,2-5H2,1H3. The summed E-state index contributed by atoms with van der Waals surface area (Å²) in [5.74, 6) is 0. The first kappa shape index (κ1) is 15.0. The molecule has 0 amide bonds. The van der Waals surface area contributed by atoms with E-state index in [1.54, 1.807) is 0 Å². The van der Waals surface area contributed by atoms with E-state index in [-0.39, 0.29) is 5.38 Å². The molecule has 0 saturated heterocycles. The number of imidazole rings is 1. The summed E-state index contributed by atoms with van der Waals surface area (Å²) >= 11 is 12.6. The fraction of sp³-hybridized carbons (Fsp3) is 0.316. The molecule has 0 bridgehead atoms. The molecule has 0 fully saturated rings. The first-order valence-corrected chi connectivity index (χ1v) is 8.88. The molecule has 23 heavy (non-hydrogen) atoms. The van der Waals surface area contributed by atoms with Crippen LogP contribution in [-0.4, -0.2) is 9.38 Å². The second-order valence-corrected chi connectivity index (χ2v) is 7.32. The zero-order chi connectivity index (χ0) is 16.0. The lowest BCUT2D eigenvalue weighted by atomic mass is 9.89. The number of halogens is 2. The molecule has 4 rings (SSSR count). The van der Waals surface area contributed by atoms with E-state index in [2.05, 4.69) is 18.2 Å². The first-order chi connectivity index (χ1) is 11.1. The van der Waals surface area contributed by atoms with Gasteiger partial charge in [0.1, 0.15) is 5.65 Å². The van der Waals surface area contributed by atoms with Crippen LogP contribution in [0.5, 0.6) is 0 Å². The summed E-state index contributed by atoms with van der Waals surface area (Å²) in [5, 5.41) is 0.542. The van der Waals surface area contributed by atoms with E-state index in [0.717, 1.165) is 29.0 Å². The lowest BCUT2D eigenvalue weighted by Crippen LogP contribution is -2.03. The monoisotopic (exact) mass is 344 g/mol. The molecule has 1 unspecified atom stereocenters. The molecular formula is C19H18Cl2N2. The number of hydrogen-bond acceptors (Lipinski definition) is 1. The van der Waals surface area contributed by atoms with Gasteiger partial charge in [0.2, 0.25) is 0 Å². The maximum absolute atomic E-state index is 6.47. The van der Waals surface area contributed by atoms with Gasteiger partial charge in [-0.15, -0.1) is 11.6 Å². The van der Waals surface area contributed by atoms with E-state index in [1.165, 1.54) is 30.4 Å². The Kier molecular flexibility index (Phi) is 3.82. The molecule has 1 aliphatic carbocycles. The summed E-state index contributed by atoms with van der Waals surface area (Å²) in [6, 6.07) is 10.5. The molecule has 0 N–H and O–H groups in total. The van der Waals surface area contributed by atoms with Crippen LogP contribution in [0.3, 0.4) is 0 Å². The zero-order valence-electron chi connectivity index (χ0n) is 13.0. The second-order valence-electron chi connectivity index (χ2n) is 6.23. The minimum Gasteiger partial charge on any atom is -0.300 e. The van der Waals surface area contributed by atoms with Crippen molar-refractivity contribution in [2.45, 2.75) is 38.0 Å². The Bertz CT molecular complexity index is 880. The Morgan fingerprint density at radius 2 is 1.87 bits per heavy atom. The van der Waals surface area contributed by atoms with E-state index >= 15 is 0 Å². The minimum absolute atomic E-state index is 0.144. The average Bonchev–Trinajstić information content (AvgIpc) is 2.93. The highest BCUT2D eigenvalue weighted by Gasteiger charge is 2.19. The number of rotatable bonds is 2. The molecule has 0 radical (unpaired) electrons. The van der Waals surface area contributed by atoms with Gasteiger partial charge in [-0.25, -0.2) is 4.98 Å². The van der Waals surface area contributed by atoms with E-state index in [4.69, 9.17) is 28.2 Å². The molecule has 4 heteroatoms. The normalized spacial score (nSPS) is 15.6. The van der Waals surface area contributed by atoms with Crippen molar-refractivity contribution < 1.29 is 0 Å². The van der Waals surface area contributed by atoms with Crippen molar-refractivity contribution in [2.24, 2.45) is 0 Å². The maximum atomic E-state index is 6.47. The van der Waals surface area contributed by atoms with Crippen molar-refractivity contribution in [2.75, 3.05) is 0 Å². The van der Waals surface area contributed by atoms with Crippen molar-refractivity contribution in [1.82, 2.24) is 9.38 Å². The predicted molar refractivity (Wildman–Crippen MR) is 96.5 cm³/mol. The number of benzene rings is 1. The van der Waals surface area contributed by atoms with Crippen molar-refractivity contribution in [1.29, 1.82) is 0 Å². The van der Waals surface area contributed by atoms with Crippen LogP contribution in [0, 0.1) is 0 Å². The summed E-state index contributed by atoms with van der Waals surface area (Å²) < 4.78 is 2.01. The summed E-state index contributed by atoms with van der Waals surface area (Å²) in [4.78, 5) is 4.81. The van der Waals surface area contributed by atoms with E-state index in [9.17, 15) is 0 Å². The molecule has 1 aliphatic rings. The smallest absolute Gasteiger partial charge is 0.137 e. The number of hydrogen-bond donors (Lipinski definition) is 0. The summed E-state index contributed by atoms with van der Waals surface area (Å²) in [7, 11) is 0. The third-order valence-corrected chi connectivity index (χ3v) is 5.05. The number of aryl methyl sites for hydroxylation is 2. The Balaban J connectivity index is 1.93. The van der Waals surface area contributed by atoms with Crippen LogP contribution in [-0.2, 0) is 12.8 Å². The van der Waals surface area contributed by atoms with Crippen molar-refractivity contribution >= 4 is 28.8 Å². The van der Waals surface area contributed by atoms with Gasteiger partial charge in [-0.2, -0.15) is 0 Å². The molecule has 2 heterocycles. The molecule has 0 spiro atoms. The Morgan fingerprint density at radius 3 is 2.65 bits per heavy atom. The lowest BCUT2D eigenvalue weighted by Gasteiger charge is -2.16. The average molecular weight is 345 g/mol. The number of pyridine rings is 1. The molecule has 0 saturated carbocycles. The lowest BCUT2D eigenvalue weighted by molar-refractivity contribution is 0.686. The SMILES string of the molecule is CC(Cl)c1c(-c2ccc3c(c2)CCCC3)nc2ccc(Cl)cn12.